The molecule has 2 saturated heterocycles. The number of amides is 3. The van der Waals surface area contributed by atoms with Crippen molar-refractivity contribution in [2.75, 3.05) is 13.1 Å². The first-order valence-corrected chi connectivity index (χ1v) is 11.7. The maximum Gasteiger partial charge on any atom is 0.271 e. The van der Waals surface area contributed by atoms with Crippen molar-refractivity contribution >= 4 is 34.9 Å². The molecule has 2 N–H and O–H groups in total. The fourth-order valence-electron chi connectivity index (χ4n) is 6.07. The Kier molecular flexibility index (Phi) is 5.26. The number of hydrogen-bond acceptors (Lipinski definition) is 4. The molecule has 2 aliphatic heterocycles. The van der Waals surface area contributed by atoms with Crippen molar-refractivity contribution in [3.05, 3.63) is 35.8 Å². The highest BCUT2D eigenvalue weighted by Gasteiger charge is 2.69. The lowest BCUT2D eigenvalue weighted by molar-refractivity contribution is -0.129. The molecule has 8 nitrogen and oxygen atoms in total. The van der Waals surface area contributed by atoms with E-state index in [4.69, 9.17) is 0 Å². The van der Waals surface area contributed by atoms with Crippen molar-refractivity contribution in [3.8, 4) is 0 Å². The minimum atomic E-state index is -0.800. The molecule has 2 aromatic rings. The average molecular weight is 469 g/mol. The van der Waals surface area contributed by atoms with Gasteiger partial charge in [0.15, 0.2) is 0 Å². The summed E-state index contributed by atoms with van der Waals surface area (Å²) in [5, 5.41) is 5.89. The van der Waals surface area contributed by atoms with Crippen molar-refractivity contribution in [1.82, 2.24) is 20.1 Å². The van der Waals surface area contributed by atoms with Crippen LogP contribution in [0, 0.1) is 29.0 Å². The summed E-state index contributed by atoms with van der Waals surface area (Å²) in [6, 6.07) is 4.70. The zero-order valence-corrected chi connectivity index (χ0v) is 19.5. The van der Waals surface area contributed by atoms with E-state index in [-0.39, 0.29) is 47.3 Å². The molecule has 1 aliphatic carbocycles. The van der Waals surface area contributed by atoms with Crippen LogP contribution in [0.5, 0.6) is 0 Å². The number of carbonyl (C=O) groups excluding carboxylic acids is 4. The monoisotopic (exact) mass is 468 g/mol. The van der Waals surface area contributed by atoms with E-state index in [1.54, 1.807) is 28.6 Å². The molecule has 0 spiro atoms. The molecule has 34 heavy (non-hydrogen) atoms. The summed E-state index contributed by atoms with van der Waals surface area (Å²) in [7, 11) is 1.71. The van der Waals surface area contributed by atoms with Gasteiger partial charge in [-0.15, -0.1) is 0 Å². The van der Waals surface area contributed by atoms with E-state index < -0.39 is 17.9 Å². The number of aromatic nitrogens is 1. The summed E-state index contributed by atoms with van der Waals surface area (Å²) >= 11 is 0. The van der Waals surface area contributed by atoms with Gasteiger partial charge in [-0.2, -0.15) is 0 Å². The van der Waals surface area contributed by atoms with E-state index in [2.05, 4.69) is 24.5 Å². The molecular weight excluding hydrogens is 439 g/mol. The Morgan fingerprint density at radius 2 is 2.12 bits per heavy atom. The molecule has 180 valence electrons. The Morgan fingerprint density at radius 3 is 2.76 bits per heavy atom. The minimum absolute atomic E-state index is 0.0232. The van der Waals surface area contributed by atoms with Gasteiger partial charge in [-0.25, -0.2) is 4.39 Å². The number of hydrogen-bond donors (Lipinski definition) is 2. The molecular formula is C25H29FN4O4. The Bertz CT molecular complexity index is 1200. The molecule has 0 radical (unpaired) electrons. The summed E-state index contributed by atoms with van der Waals surface area (Å²) in [6.07, 6.45) is 1.52. The third-order valence-corrected chi connectivity index (χ3v) is 8.18. The molecule has 3 aliphatic rings. The largest absolute Gasteiger partial charge is 0.356 e. The molecule has 1 saturated carbocycles. The van der Waals surface area contributed by atoms with Crippen LogP contribution in [-0.4, -0.2) is 58.6 Å². The number of rotatable bonds is 6. The lowest BCUT2D eigenvalue weighted by atomic mass is 9.97. The van der Waals surface area contributed by atoms with Crippen LogP contribution in [0.1, 0.15) is 37.2 Å². The van der Waals surface area contributed by atoms with Crippen LogP contribution in [0.4, 0.5) is 4.39 Å². The van der Waals surface area contributed by atoms with Crippen molar-refractivity contribution < 1.29 is 23.6 Å². The number of aldehydes is 1. The number of likely N-dealkylation sites (tertiary alicyclic amines) is 1. The topological polar surface area (TPSA) is 101 Å². The molecule has 5 atom stereocenters. The smallest absolute Gasteiger partial charge is 0.271 e. The first-order chi connectivity index (χ1) is 16.1. The molecule has 0 unspecified atom stereocenters. The van der Waals surface area contributed by atoms with Gasteiger partial charge in [0.1, 0.15) is 23.8 Å². The first-order valence-electron chi connectivity index (χ1n) is 11.7. The van der Waals surface area contributed by atoms with E-state index in [0.29, 0.717) is 42.4 Å². The highest BCUT2D eigenvalue weighted by atomic mass is 19.1. The Hall–Kier alpha value is -3.23. The van der Waals surface area contributed by atoms with Crippen LogP contribution < -0.4 is 10.6 Å². The number of halogens is 1. The van der Waals surface area contributed by atoms with E-state index >= 15 is 0 Å². The molecule has 1 aromatic carbocycles. The Labute approximate surface area is 196 Å². The van der Waals surface area contributed by atoms with E-state index in [1.165, 1.54) is 12.1 Å². The highest BCUT2D eigenvalue weighted by Crippen LogP contribution is 2.65. The fourth-order valence-corrected chi connectivity index (χ4v) is 6.07. The molecule has 0 bridgehead atoms. The van der Waals surface area contributed by atoms with Gasteiger partial charge >= 0.3 is 0 Å². The summed E-state index contributed by atoms with van der Waals surface area (Å²) in [5.41, 5.74) is 0.822. The standard InChI is InChI=1S/C25H29FN4O4/c1-25(2)16-11-30(24(34)19-10-15-17(26)5-4-6-18(15)29(19)3)21(20(16)25)23(33)28-14(12-31)9-13-7-8-27-22(13)32/h4-6,10,12-14,16,20-21H,7-9,11H2,1-3H3,(H,27,32)(H,28,33)/t13-,14-,16-,20-,21-/m0/s1. The van der Waals surface area contributed by atoms with E-state index in [9.17, 15) is 23.6 Å². The number of nitrogens with one attached hydrogen (secondary N) is 2. The third kappa shape index (κ3) is 3.40. The maximum absolute atomic E-state index is 14.3. The van der Waals surface area contributed by atoms with Gasteiger partial charge < -0.3 is 24.9 Å². The van der Waals surface area contributed by atoms with Crippen LogP contribution in [0.25, 0.3) is 10.9 Å². The molecule has 3 heterocycles. The number of aryl methyl sites for hydroxylation is 1. The van der Waals surface area contributed by atoms with Gasteiger partial charge in [0, 0.05) is 31.4 Å². The van der Waals surface area contributed by atoms with Gasteiger partial charge in [0.25, 0.3) is 5.91 Å². The van der Waals surface area contributed by atoms with Crippen LogP contribution in [0.15, 0.2) is 24.3 Å². The maximum atomic E-state index is 14.3. The van der Waals surface area contributed by atoms with Crippen LogP contribution in [-0.2, 0) is 21.4 Å². The Balaban J connectivity index is 1.39. The van der Waals surface area contributed by atoms with Crippen molar-refractivity contribution in [2.24, 2.45) is 30.2 Å². The quantitative estimate of drug-likeness (QED) is 0.630. The number of piperidine rings is 1. The second-order valence-electron chi connectivity index (χ2n) is 10.4. The predicted molar refractivity (Wildman–Crippen MR) is 122 cm³/mol. The zero-order valence-electron chi connectivity index (χ0n) is 19.5. The number of nitrogens with zero attached hydrogens (tertiary/aromatic N) is 2. The van der Waals surface area contributed by atoms with E-state index in [0.717, 1.165) is 0 Å². The minimum Gasteiger partial charge on any atom is -0.356 e. The van der Waals surface area contributed by atoms with E-state index in [1.807, 2.05) is 0 Å². The number of benzene rings is 1. The lowest BCUT2D eigenvalue weighted by Gasteiger charge is -2.31. The predicted octanol–water partition coefficient (Wildman–Crippen LogP) is 1.62. The highest BCUT2D eigenvalue weighted by molar-refractivity contribution is 6.02. The van der Waals surface area contributed by atoms with Gasteiger partial charge in [-0.1, -0.05) is 19.9 Å². The average Bonchev–Trinajstić information content (AvgIpc) is 3.26. The number of carbonyl (C=O) groups is 4. The summed E-state index contributed by atoms with van der Waals surface area (Å²) < 4.78 is 16.0. The van der Waals surface area contributed by atoms with Crippen LogP contribution in [0.2, 0.25) is 0 Å². The molecule has 3 amide bonds. The second-order valence-corrected chi connectivity index (χ2v) is 10.4. The molecule has 1 aromatic heterocycles. The van der Waals surface area contributed by atoms with Crippen molar-refractivity contribution in [3.63, 3.8) is 0 Å². The third-order valence-electron chi connectivity index (χ3n) is 8.18. The SMILES string of the molecule is Cn1c(C(=O)N2C[C@H]3[C@@H]([C@H]2C(=O)N[C@H](C=O)C[C@@H]2CCNC2=O)C3(C)C)cc2c(F)cccc21. The van der Waals surface area contributed by atoms with Crippen LogP contribution in [0.3, 0.4) is 0 Å². The van der Waals surface area contributed by atoms with Gasteiger partial charge in [0.2, 0.25) is 11.8 Å². The van der Waals surface area contributed by atoms with Gasteiger partial charge in [-0.05, 0) is 48.3 Å². The fraction of sp³-hybridized carbons (Fsp3) is 0.520. The summed E-state index contributed by atoms with van der Waals surface area (Å²) in [6.45, 7) is 5.15. The summed E-state index contributed by atoms with van der Waals surface area (Å²) in [4.78, 5) is 52.2. The van der Waals surface area contributed by atoms with Crippen molar-refractivity contribution in [2.45, 2.75) is 38.8 Å². The molecule has 9 heteroatoms. The Morgan fingerprint density at radius 1 is 1.35 bits per heavy atom. The van der Waals surface area contributed by atoms with Crippen molar-refractivity contribution in [1.29, 1.82) is 0 Å². The second kappa shape index (κ2) is 7.92. The first kappa shape index (κ1) is 22.6. The lowest BCUT2D eigenvalue weighted by Crippen LogP contribution is -2.53. The van der Waals surface area contributed by atoms with Crippen LogP contribution >= 0.6 is 0 Å². The number of fused-ring (bicyclic) bond motifs is 2. The summed E-state index contributed by atoms with van der Waals surface area (Å²) in [5.74, 6) is -1.39. The molecule has 3 fully saturated rings. The zero-order chi connectivity index (χ0) is 24.4. The van der Waals surface area contributed by atoms with Gasteiger partial charge in [-0.3, -0.25) is 14.4 Å². The normalized spacial score (nSPS) is 27.9. The van der Waals surface area contributed by atoms with Gasteiger partial charge in [0.05, 0.1) is 11.6 Å². The molecule has 5 rings (SSSR count).